The van der Waals surface area contributed by atoms with Crippen molar-refractivity contribution in [2.75, 3.05) is 17.2 Å². The molecular weight excluding hydrogens is 410 g/mol. The number of rotatable bonds is 6. The molecule has 1 fully saturated rings. The normalized spacial score (nSPS) is 19.5. The van der Waals surface area contributed by atoms with E-state index in [4.69, 9.17) is 0 Å². The molecule has 1 aromatic heterocycles. The number of nitrogens with one attached hydrogen (secondary N) is 1. The van der Waals surface area contributed by atoms with Gasteiger partial charge in [0.2, 0.25) is 5.91 Å². The number of pyridine rings is 1. The van der Waals surface area contributed by atoms with Crippen molar-refractivity contribution < 1.29 is 14.7 Å². The number of hydrogen-bond donors (Lipinski definition) is 2. The zero-order valence-corrected chi connectivity index (χ0v) is 18.4. The second-order valence-corrected chi connectivity index (χ2v) is 9.40. The van der Waals surface area contributed by atoms with Gasteiger partial charge in [-0.3, -0.25) is 9.59 Å². The van der Waals surface area contributed by atoms with Gasteiger partial charge in [-0.25, -0.2) is 4.98 Å². The minimum atomic E-state index is -0.629. The number of aromatic hydroxyl groups is 1. The molecule has 2 aliphatic rings. The SMILES string of the molecule is O=C(N[C@H]1CSc2ccccc2N(CCCC2CCCCC2)C1=O)c1ccc(O)cn1. The van der Waals surface area contributed by atoms with Gasteiger partial charge in [-0.05, 0) is 43.0 Å². The van der Waals surface area contributed by atoms with Gasteiger partial charge in [-0.15, -0.1) is 11.8 Å². The van der Waals surface area contributed by atoms with Gasteiger partial charge in [0.25, 0.3) is 5.91 Å². The molecule has 1 atom stereocenters. The highest BCUT2D eigenvalue weighted by atomic mass is 32.2. The molecule has 1 aliphatic carbocycles. The van der Waals surface area contributed by atoms with E-state index in [1.54, 1.807) is 11.8 Å². The smallest absolute Gasteiger partial charge is 0.270 e. The summed E-state index contributed by atoms with van der Waals surface area (Å²) in [6, 6.07) is 10.2. The van der Waals surface area contributed by atoms with Crippen LogP contribution in [0.4, 0.5) is 5.69 Å². The molecular formula is C24H29N3O3S. The van der Waals surface area contributed by atoms with Crippen molar-refractivity contribution in [1.82, 2.24) is 10.3 Å². The largest absolute Gasteiger partial charge is 0.506 e. The van der Waals surface area contributed by atoms with Crippen LogP contribution in [0.2, 0.25) is 0 Å². The summed E-state index contributed by atoms with van der Waals surface area (Å²) in [6.45, 7) is 0.663. The van der Waals surface area contributed by atoms with Gasteiger partial charge in [0.15, 0.2) is 0 Å². The number of carbonyl (C=O) groups excluding carboxylic acids is 2. The maximum Gasteiger partial charge on any atom is 0.270 e. The van der Waals surface area contributed by atoms with Gasteiger partial charge in [-0.2, -0.15) is 0 Å². The van der Waals surface area contributed by atoms with Crippen molar-refractivity contribution >= 4 is 29.3 Å². The third kappa shape index (κ3) is 5.39. The Morgan fingerprint density at radius 1 is 1.16 bits per heavy atom. The Labute approximate surface area is 187 Å². The number of benzene rings is 1. The summed E-state index contributed by atoms with van der Waals surface area (Å²) >= 11 is 1.59. The van der Waals surface area contributed by atoms with E-state index in [9.17, 15) is 14.7 Å². The van der Waals surface area contributed by atoms with Crippen LogP contribution in [0, 0.1) is 5.92 Å². The van der Waals surface area contributed by atoms with Gasteiger partial charge in [0, 0.05) is 17.2 Å². The maximum atomic E-state index is 13.4. The summed E-state index contributed by atoms with van der Waals surface area (Å²) in [6.07, 6.45) is 9.95. The molecule has 1 aliphatic heterocycles. The quantitative estimate of drug-likeness (QED) is 0.698. The fourth-order valence-corrected chi connectivity index (χ4v) is 5.53. The van der Waals surface area contributed by atoms with Crippen molar-refractivity contribution in [3.8, 4) is 5.75 Å². The summed E-state index contributed by atoms with van der Waals surface area (Å²) < 4.78 is 0. The molecule has 164 valence electrons. The maximum absolute atomic E-state index is 13.4. The average molecular weight is 440 g/mol. The molecule has 0 spiro atoms. The molecule has 2 heterocycles. The van der Waals surface area contributed by atoms with Gasteiger partial charge in [0.1, 0.15) is 17.5 Å². The first-order valence-electron chi connectivity index (χ1n) is 11.1. The van der Waals surface area contributed by atoms with Gasteiger partial charge >= 0.3 is 0 Å². The first-order valence-corrected chi connectivity index (χ1v) is 12.1. The topological polar surface area (TPSA) is 82.5 Å². The number of amides is 2. The van der Waals surface area contributed by atoms with Crippen LogP contribution in [-0.2, 0) is 4.79 Å². The fraction of sp³-hybridized carbons (Fsp3) is 0.458. The fourth-order valence-electron chi connectivity index (χ4n) is 4.45. The predicted octanol–water partition coefficient (Wildman–Crippen LogP) is 4.39. The number of thioether (sulfide) groups is 1. The Hall–Kier alpha value is -2.54. The Morgan fingerprint density at radius 2 is 1.97 bits per heavy atom. The summed E-state index contributed by atoms with van der Waals surface area (Å²) in [5.74, 6) is 0.757. The summed E-state index contributed by atoms with van der Waals surface area (Å²) in [4.78, 5) is 33.0. The van der Waals surface area contributed by atoms with Crippen LogP contribution < -0.4 is 10.2 Å². The first kappa shape index (κ1) is 21.7. The molecule has 4 rings (SSSR count). The highest BCUT2D eigenvalue weighted by Crippen LogP contribution is 2.35. The van der Waals surface area contributed by atoms with Crippen molar-refractivity contribution in [2.45, 2.75) is 55.9 Å². The molecule has 0 unspecified atom stereocenters. The lowest BCUT2D eigenvalue weighted by molar-refractivity contribution is -0.119. The van der Waals surface area contributed by atoms with E-state index in [2.05, 4.69) is 10.3 Å². The number of aromatic nitrogens is 1. The lowest BCUT2D eigenvalue weighted by atomic mass is 9.86. The van der Waals surface area contributed by atoms with Crippen LogP contribution in [0.25, 0.3) is 0 Å². The molecule has 31 heavy (non-hydrogen) atoms. The van der Waals surface area contributed by atoms with Gasteiger partial charge in [0.05, 0.1) is 11.9 Å². The third-order valence-corrected chi connectivity index (χ3v) is 7.29. The molecule has 0 radical (unpaired) electrons. The summed E-state index contributed by atoms with van der Waals surface area (Å²) in [5.41, 5.74) is 1.11. The highest BCUT2D eigenvalue weighted by molar-refractivity contribution is 7.99. The number of fused-ring (bicyclic) bond motifs is 1. The van der Waals surface area contributed by atoms with Crippen LogP contribution in [0.3, 0.4) is 0 Å². The molecule has 6 nitrogen and oxygen atoms in total. The van der Waals surface area contributed by atoms with Crippen LogP contribution in [0.1, 0.15) is 55.4 Å². The molecule has 0 bridgehead atoms. The second kappa shape index (κ2) is 10.2. The van der Waals surface area contributed by atoms with Crippen molar-refractivity contribution in [3.05, 3.63) is 48.3 Å². The Bertz CT molecular complexity index is 913. The molecule has 7 heteroatoms. The van der Waals surface area contributed by atoms with E-state index in [0.29, 0.717) is 12.3 Å². The lowest BCUT2D eigenvalue weighted by Gasteiger charge is -2.27. The van der Waals surface area contributed by atoms with Crippen molar-refractivity contribution in [2.24, 2.45) is 5.92 Å². The number of anilines is 1. The van der Waals surface area contributed by atoms with Crippen LogP contribution in [0.5, 0.6) is 5.75 Å². The third-order valence-electron chi connectivity index (χ3n) is 6.13. The molecule has 2 amide bonds. The summed E-state index contributed by atoms with van der Waals surface area (Å²) in [5, 5.41) is 12.2. The number of carbonyl (C=O) groups is 2. The minimum absolute atomic E-state index is 0.00256. The van der Waals surface area contributed by atoms with Gasteiger partial charge in [-0.1, -0.05) is 44.2 Å². The van der Waals surface area contributed by atoms with E-state index in [1.807, 2.05) is 29.2 Å². The highest BCUT2D eigenvalue weighted by Gasteiger charge is 2.32. The zero-order valence-electron chi connectivity index (χ0n) is 17.6. The van der Waals surface area contributed by atoms with E-state index in [-0.39, 0.29) is 17.4 Å². The number of hydrogen-bond acceptors (Lipinski definition) is 5. The number of para-hydroxylation sites is 1. The molecule has 0 saturated heterocycles. The molecule has 2 N–H and O–H groups in total. The number of nitrogens with zero attached hydrogens (tertiary/aromatic N) is 2. The van der Waals surface area contributed by atoms with E-state index < -0.39 is 11.9 Å². The van der Waals surface area contributed by atoms with Crippen molar-refractivity contribution in [3.63, 3.8) is 0 Å². The first-order chi connectivity index (χ1) is 15.1. The Morgan fingerprint density at radius 3 is 2.74 bits per heavy atom. The van der Waals surface area contributed by atoms with Crippen LogP contribution in [-0.4, -0.2) is 40.2 Å². The van der Waals surface area contributed by atoms with E-state index in [1.165, 1.54) is 50.4 Å². The lowest BCUT2D eigenvalue weighted by Crippen LogP contribution is -2.49. The van der Waals surface area contributed by atoms with E-state index >= 15 is 0 Å². The van der Waals surface area contributed by atoms with Crippen LogP contribution in [0.15, 0.2) is 47.5 Å². The molecule has 1 saturated carbocycles. The predicted molar refractivity (Wildman–Crippen MR) is 122 cm³/mol. The Balaban J connectivity index is 1.46. The molecule has 2 aromatic rings. The average Bonchev–Trinajstić information content (AvgIpc) is 2.92. The summed E-state index contributed by atoms with van der Waals surface area (Å²) in [7, 11) is 0. The van der Waals surface area contributed by atoms with Gasteiger partial charge < -0.3 is 15.3 Å². The second-order valence-electron chi connectivity index (χ2n) is 8.34. The van der Waals surface area contributed by atoms with Crippen molar-refractivity contribution in [1.29, 1.82) is 0 Å². The van der Waals surface area contributed by atoms with E-state index in [0.717, 1.165) is 29.3 Å². The minimum Gasteiger partial charge on any atom is -0.506 e. The monoisotopic (exact) mass is 439 g/mol. The standard InChI is InChI=1S/C24H29N3O3S/c28-18-12-13-19(25-15-18)23(29)26-20-16-31-22-11-5-4-10-21(22)27(24(20)30)14-6-9-17-7-2-1-3-8-17/h4-5,10-13,15,17,20,28H,1-3,6-9,14,16H2,(H,26,29)/t20-/m0/s1. The molecule has 1 aromatic carbocycles. The Kier molecular flexibility index (Phi) is 7.12. The zero-order chi connectivity index (χ0) is 21.6. The van der Waals surface area contributed by atoms with Crippen LogP contribution >= 0.6 is 11.8 Å².